The highest BCUT2D eigenvalue weighted by molar-refractivity contribution is 8.45. The van der Waals surface area contributed by atoms with Crippen LogP contribution in [0.5, 0.6) is 5.75 Å². The Hall–Kier alpha value is -1.80. The second-order valence-electron chi connectivity index (χ2n) is 7.23. The van der Waals surface area contributed by atoms with E-state index in [4.69, 9.17) is 4.74 Å². The Kier molecular flexibility index (Phi) is 5.17. The van der Waals surface area contributed by atoms with Gasteiger partial charge in [-0.2, -0.15) is 0 Å². The van der Waals surface area contributed by atoms with E-state index < -0.39 is 15.1 Å². The zero-order valence-corrected chi connectivity index (χ0v) is 16.3. The molecule has 0 saturated carbocycles. The fourth-order valence-electron chi connectivity index (χ4n) is 3.83. The molecule has 3 rings (SSSR count). The summed E-state index contributed by atoms with van der Waals surface area (Å²) < 4.78 is 70.2. The summed E-state index contributed by atoms with van der Waals surface area (Å²) in [6.45, 7) is 0.915. The van der Waals surface area contributed by atoms with E-state index in [0.29, 0.717) is 30.0 Å². The van der Waals surface area contributed by atoms with Gasteiger partial charge in [0.2, 0.25) is 0 Å². The van der Waals surface area contributed by atoms with E-state index in [1.807, 2.05) is 18.2 Å². The van der Waals surface area contributed by atoms with Crippen LogP contribution in [0, 0.1) is 5.92 Å². The normalized spacial score (nSPS) is 22.9. The van der Waals surface area contributed by atoms with Crippen molar-refractivity contribution < 1.29 is 24.2 Å². The third-order valence-corrected chi connectivity index (χ3v) is 6.38. The van der Waals surface area contributed by atoms with Gasteiger partial charge >= 0.3 is 10.2 Å². The molecule has 1 aliphatic rings. The van der Waals surface area contributed by atoms with Gasteiger partial charge in [-0.1, -0.05) is 55.8 Å². The van der Waals surface area contributed by atoms with Gasteiger partial charge in [0.1, 0.15) is 10.6 Å². The van der Waals surface area contributed by atoms with Gasteiger partial charge in [-0.05, 0) is 55.3 Å². The van der Waals surface area contributed by atoms with E-state index in [0.717, 1.165) is 31.9 Å². The van der Waals surface area contributed by atoms with Gasteiger partial charge in [-0.3, -0.25) is 0 Å². The number of hydrogen-bond donors (Lipinski definition) is 1. The predicted octanol–water partition coefficient (Wildman–Crippen LogP) is 7.03. The number of methoxy groups -OCH3 is 1. The maximum absolute atomic E-state index is 13.0. The quantitative estimate of drug-likeness (QED) is 0.506. The summed E-state index contributed by atoms with van der Waals surface area (Å²) in [6, 6.07) is 12.2. The van der Waals surface area contributed by atoms with Gasteiger partial charge < -0.3 is 10.1 Å². The van der Waals surface area contributed by atoms with E-state index in [1.54, 1.807) is 0 Å². The first kappa shape index (κ1) is 20.9. The van der Waals surface area contributed by atoms with Crippen molar-refractivity contribution in [3.63, 3.8) is 0 Å². The Morgan fingerprint density at radius 3 is 2.39 bits per heavy atom. The van der Waals surface area contributed by atoms with E-state index in [-0.39, 0.29) is 11.8 Å². The molecule has 156 valence electrons. The highest BCUT2D eigenvalue weighted by Crippen LogP contribution is 3.02. The second-order valence-corrected chi connectivity index (χ2v) is 9.64. The summed E-state index contributed by atoms with van der Waals surface area (Å²) in [5.41, 5.74) is 1.68. The van der Waals surface area contributed by atoms with Crippen LogP contribution >= 0.6 is 10.2 Å². The van der Waals surface area contributed by atoms with Gasteiger partial charge in [0.05, 0.1) is 7.11 Å². The number of halogens is 5. The third kappa shape index (κ3) is 4.97. The van der Waals surface area contributed by atoms with Crippen LogP contribution in [0.1, 0.15) is 36.4 Å². The zero-order chi connectivity index (χ0) is 20.5. The van der Waals surface area contributed by atoms with E-state index in [9.17, 15) is 19.4 Å². The van der Waals surface area contributed by atoms with Crippen LogP contribution in [0.15, 0.2) is 53.4 Å². The van der Waals surface area contributed by atoms with E-state index in [1.165, 1.54) is 12.7 Å². The summed E-state index contributed by atoms with van der Waals surface area (Å²) in [7, 11) is -8.52. The molecule has 2 atom stereocenters. The van der Waals surface area contributed by atoms with Gasteiger partial charge in [-0.25, -0.2) is 0 Å². The van der Waals surface area contributed by atoms with Gasteiger partial charge in [-0.15, -0.1) is 0 Å². The first-order valence-electron chi connectivity index (χ1n) is 9.17. The Labute approximate surface area is 161 Å². The van der Waals surface area contributed by atoms with Crippen LogP contribution in [-0.2, 0) is 6.42 Å². The van der Waals surface area contributed by atoms with Crippen molar-refractivity contribution in [1.82, 2.24) is 5.32 Å². The van der Waals surface area contributed by atoms with Crippen molar-refractivity contribution in [2.45, 2.75) is 36.6 Å². The van der Waals surface area contributed by atoms with Crippen LogP contribution in [-0.4, -0.2) is 13.7 Å². The van der Waals surface area contributed by atoms with Crippen molar-refractivity contribution in [3.8, 4) is 5.75 Å². The summed E-state index contributed by atoms with van der Waals surface area (Å²) in [5, 5.41) is 3.51. The molecule has 2 aromatic carbocycles. The third-order valence-electron chi connectivity index (χ3n) is 5.23. The summed E-state index contributed by atoms with van der Waals surface area (Å²) in [5.74, 6) is 0.155. The van der Waals surface area contributed by atoms with Crippen molar-refractivity contribution in [1.29, 1.82) is 0 Å². The molecule has 28 heavy (non-hydrogen) atoms. The molecular formula is C20H24F5NOS. The molecule has 0 amide bonds. The lowest BCUT2D eigenvalue weighted by atomic mass is 9.82. The lowest BCUT2D eigenvalue weighted by Gasteiger charge is -2.40. The van der Waals surface area contributed by atoms with Crippen LogP contribution in [0.3, 0.4) is 0 Å². The number of benzene rings is 2. The number of ether oxygens (including phenoxy) is 1. The topological polar surface area (TPSA) is 21.3 Å². The first-order chi connectivity index (χ1) is 13.0. The zero-order valence-electron chi connectivity index (χ0n) is 15.5. The monoisotopic (exact) mass is 421 g/mol. The summed E-state index contributed by atoms with van der Waals surface area (Å²) in [4.78, 5) is -1.91. The molecule has 1 N–H and O–H groups in total. The molecule has 8 heteroatoms. The molecule has 0 spiro atoms. The minimum atomic E-state index is -9.72. The minimum absolute atomic E-state index is 0.147. The predicted molar refractivity (Wildman–Crippen MR) is 103 cm³/mol. The number of aryl methyl sites for hydroxylation is 1. The van der Waals surface area contributed by atoms with E-state index in [2.05, 4.69) is 17.4 Å². The van der Waals surface area contributed by atoms with Gasteiger partial charge in [0, 0.05) is 12.1 Å². The maximum atomic E-state index is 13.0. The standard InChI is InChI=1S/C20H24F5NOS/c1-27-19-14-18(28(21,22,23,24)25)12-11-15(19)9-10-17-8-5-13-26-20(17)16-6-3-2-4-7-16/h2-4,6-7,11-12,14,17,20,26H,5,8-10,13H2,1H3/t17-,20+/m1/s1. The Morgan fingerprint density at radius 2 is 1.75 bits per heavy atom. The SMILES string of the molecule is COc1cc(S(F)(F)(F)(F)F)ccc1CC[C@H]1CCCN[C@H]1c1ccccc1. The highest BCUT2D eigenvalue weighted by atomic mass is 32.5. The molecule has 0 radical (unpaired) electrons. The Balaban J connectivity index is 1.78. The lowest BCUT2D eigenvalue weighted by molar-refractivity contribution is 0.268. The molecule has 0 aromatic heterocycles. The molecule has 2 nitrogen and oxygen atoms in total. The van der Waals surface area contributed by atoms with Gasteiger partial charge in [0.15, 0.2) is 0 Å². The van der Waals surface area contributed by atoms with Crippen LogP contribution < -0.4 is 10.1 Å². The molecule has 1 fully saturated rings. The van der Waals surface area contributed by atoms with Crippen molar-refractivity contribution in [2.75, 3.05) is 13.7 Å². The molecule has 1 heterocycles. The molecule has 0 unspecified atom stereocenters. The van der Waals surface area contributed by atoms with Crippen molar-refractivity contribution >= 4 is 10.2 Å². The average molecular weight is 421 g/mol. The highest BCUT2D eigenvalue weighted by Gasteiger charge is 2.65. The smallest absolute Gasteiger partial charge is 0.310 e. The summed E-state index contributed by atoms with van der Waals surface area (Å²) in [6.07, 6.45) is 3.20. The minimum Gasteiger partial charge on any atom is -0.496 e. The van der Waals surface area contributed by atoms with Crippen molar-refractivity contribution in [3.05, 3.63) is 59.7 Å². The number of rotatable bonds is 6. The van der Waals surface area contributed by atoms with Crippen LogP contribution in [0.4, 0.5) is 19.4 Å². The molecule has 1 saturated heterocycles. The first-order valence-corrected chi connectivity index (χ1v) is 11.1. The molecule has 1 aliphatic heterocycles. The molecule has 2 aromatic rings. The Bertz CT molecular complexity index is 826. The largest absolute Gasteiger partial charge is 0.496 e. The van der Waals surface area contributed by atoms with Crippen LogP contribution in [0.25, 0.3) is 0 Å². The van der Waals surface area contributed by atoms with Gasteiger partial charge in [0.25, 0.3) is 0 Å². The number of piperidine rings is 1. The maximum Gasteiger partial charge on any atom is 0.310 e. The summed E-state index contributed by atoms with van der Waals surface area (Å²) >= 11 is 0. The lowest BCUT2D eigenvalue weighted by Crippen LogP contribution is -2.34. The fraction of sp³-hybridized carbons (Fsp3) is 0.400. The Morgan fingerprint density at radius 1 is 1.04 bits per heavy atom. The molecule has 0 bridgehead atoms. The molecular weight excluding hydrogens is 397 g/mol. The van der Waals surface area contributed by atoms with E-state index >= 15 is 0 Å². The molecule has 0 aliphatic carbocycles. The van der Waals surface area contributed by atoms with Crippen molar-refractivity contribution in [2.24, 2.45) is 5.92 Å². The number of hydrogen-bond acceptors (Lipinski definition) is 2. The van der Waals surface area contributed by atoms with Crippen LogP contribution in [0.2, 0.25) is 0 Å². The number of nitrogens with one attached hydrogen (secondary N) is 1. The average Bonchev–Trinajstić information content (AvgIpc) is 2.65. The second kappa shape index (κ2) is 6.91. The fourth-order valence-corrected chi connectivity index (χ4v) is 4.48.